The van der Waals surface area contributed by atoms with Crippen LogP contribution in [0.4, 0.5) is 5.69 Å². The van der Waals surface area contributed by atoms with Crippen molar-refractivity contribution in [1.29, 1.82) is 0 Å². The smallest absolute Gasteiger partial charge is 0.130 e. The van der Waals surface area contributed by atoms with E-state index in [2.05, 4.69) is 143 Å². The summed E-state index contributed by atoms with van der Waals surface area (Å²) in [6, 6.07) is 8.86. The number of rotatable bonds is 5. The molecule has 0 bridgehead atoms. The van der Waals surface area contributed by atoms with Crippen molar-refractivity contribution in [3.05, 3.63) is 155 Å². The van der Waals surface area contributed by atoms with Crippen molar-refractivity contribution in [2.24, 2.45) is 34.6 Å². The molecular formula is C53H57N3S. The Balaban J connectivity index is 0.867. The van der Waals surface area contributed by atoms with Gasteiger partial charge in [-0.25, -0.2) is 4.99 Å². The molecule has 11 aliphatic rings. The van der Waals surface area contributed by atoms with Gasteiger partial charge >= 0.3 is 0 Å². The van der Waals surface area contributed by atoms with Crippen LogP contribution in [0.1, 0.15) is 101 Å². The third kappa shape index (κ3) is 5.93. The number of fused-ring (bicyclic) bond motifs is 9. The molecular weight excluding hydrogens is 711 g/mol. The van der Waals surface area contributed by atoms with Crippen molar-refractivity contribution in [2.75, 3.05) is 4.90 Å². The van der Waals surface area contributed by atoms with Gasteiger partial charge in [0.15, 0.2) is 0 Å². The summed E-state index contributed by atoms with van der Waals surface area (Å²) < 4.78 is 0. The molecule has 1 aromatic carbocycles. The Labute approximate surface area is 344 Å². The van der Waals surface area contributed by atoms with Crippen LogP contribution in [0, 0.1) is 29.6 Å². The molecule has 2 saturated heterocycles. The van der Waals surface area contributed by atoms with E-state index in [1.165, 1.54) is 85.0 Å². The van der Waals surface area contributed by atoms with E-state index in [9.17, 15) is 0 Å². The van der Waals surface area contributed by atoms with Gasteiger partial charge in [0, 0.05) is 52.1 Å². The molecule has 12 rings (SSSR count). The van der Waals surface area contributed by atoms with Gasteiger partial charge in [-0.15, -0.1) is 0 Å². The van der Waals surface area contributed by atoms with E-state index in [0.717, 1.165) is 66.2 Å². The molecule has 4 heterocycles. The Hall–Kier alpha value is -4.02. The van der Waals surface area contributed by atoms with Crippen molar-refractivity contribution in [3.63, 3.8) is 0 Å². The first-order chi connectivity index (χ1) is 28.2. The summed E-state index contributed by atoms with van der Waals surface area (Å²) in [6.45, 7) is 0. The highest BCUT2D eigenvalue weighted by molar-refractivity contribution is 8.01. The summed E-state index contributed by atoms with van der Waals surface area (Å²) in [4.78, 5) is 11.1. The Kier molecular flexibility index (Phi) is 8.81. The molecule has 11 atom stereocenters. The predicted molar refractivity (Wildman–Crippen MR) is 240 cm³/mol. The molecule has 0 amide bonds. The number of hydrogen-bond donors (Lipinski definition) is 0. The number of nitrogens with zero attached hydrogens (tertiary/aromatic N) is 3. The van der Waals surface area contributed by atoms with E-state index >= 15 is 0 Å². The van der Waals surface area contributed by atoms with E-state index in [0.29, 0.717) is 29.8 Å². The second kappa shape index (κ2) is 14.4. The number of hydrogen-bond acceptors (Lipinski definition) is 4. The zero-order valence-electron chi connectivity index (χ0n) is 33.3. The van der Waals surface area contributed by atoms with Crippen molar-refractivity contribution in [2.45, 2.75) is 118 Å². The van der Waals surface area contributed by atoms with Gasteiger partial charge in [-0.2, -0.15) is 11.8 Å². The second-order valence-electron chi connectivity index (χ2n) is 18.8. The van der Waals surface area contributed by atoms with Gasteiger partial charge < -0.3 is 9.80 Å². The lowest BCUT2D eigenvalue weighted by Crippen LogP contribution is -2.40. The average molecular weight is 768 g/mol. The zero-order valence-corrected chi connectivity index (χ0v) is 34.2. The molecule has 290 valence electrons. The zero-order chi connectivity index (χ0) is 37.5. The van der Waals surface area contributed by atoms with Gasteiger partial charge in [0.2, 0.25) is 0 Å². The molecule has 1 saturated carbocycles. The summed E-state index contributed by atoms with van der Waals surface area (Å²) in [6.07, 6.45) is 57.8. The first kappa shape index (κ1) is 35.0. The molecule has 57 heavy (non-hydrogen) atoms. The SMILES string of the molecule is C1=CCCC(C2C=C(N3c4ccc(C5=CC6C7CCCCC7N(C7=CCC8SC9C=CCCC9C8C7)C6C=C5)cc4C4C=CC=CC43)N=C(C3=CCCC=C3)C2)=C1. The minimum atomic E-state index is 0.236. The minimum absolute atomic E-state index is 0.236. The predicted octanol–water partition coefficient (Wildman–Crippen LogP) is 12.5. The Morgan fingerprint density at radius 3 is 2.63 bits per heavy atom. The quantitative estimate of drug-likeness (QED) is 0.278. The van der Waals surface area contributed by atoms with Gasteiger partial charge in [-0.05, 0) is 122 Å². The van der Waals surface area contributed by atoms with Gasteiger partial charge in [-0.3, -0.25) is 0 Å². The normalized spacial score (nSPS) is 38.2. The maximum absolute atomic E-state index is 5.54. The Morgan fingerprint density at radius 1 is 0.737 bits per heavy atom. The van der Waals surface area contributed by atoms with Crippen molar-refractivity contribution in [3.8, 4) is 0 Å². The molecule has 4 heteroatoms. The van der Waals surface area contributed by atoms with Crippen LogP contribution in [0.25, 0.3) is 5.57 Å². The Bertz CT molecular complexity index is 2210. The van der Waals surface area contributed by atoms with Crippen LogP contribution in [0.15, 0.2) is 149 Å². The topological polar surface area (TPSA) is 18.8 Å². The number of benzene rings is 1. The third-order valence-electron chi connectivity index (χ3n) is 15.8. The lowest BCUT2D eigenvalue weighted by atomic mass is 9.75. The van der Waals surface area contributed by atoms with Crippen molar-refractivity contribution < 1.29 is 0 Å². The van der Waals surface area contributed by atoms with E-state index in [4.69, 9.17) is 4.99 Å². The summed E-state index contributed by atoms with van der Waals surface area (Å²) in [5.74, 6) is 4.92. The van der Waals surface area contributed by atoms with E-state index in [-0.39, 0.29) is 6.04 Å². The molecule has 4 aliphatic heterocycles. The van der Waals surface area contributed by atoms with E-state index in [1.807, 2.05) is 0 Å². The van der Waals surface area contributed by atoms with E-state index < -0.39 is 0 Å². The first-order valence-corrected chi connectivity index (χ1v) is 23.7. The van der Waals surface area contributed by atoms with Crippen LogP contribution >= 0.6 is 11.8 Å². The van der Waals surface area contributed by atoms with Crippen molar-refractivity contribution >= 4 is 28.7 Å². The molecule has 0 radical (unpaired) electrons. The van der Waals surface area contributed by atoms with Crippen LogP contribution < -0.4 is 4.90 Å². The molecule has 3 fully saturated rings. The van der Waals surface area contributed by atoms with Gasteiger partial charge in [0.25, 0.3) is 0 Å². The number of allylic oxidation sites excluding steroid dienone is 16. The maximum Gasteiger partial charge on any atom is 0.130 e. The molecule has 11 unspecified atom stereocenters. The highest BCUT2D eigenvalue weighted by Crippen LogP contribution is 2.56. The molecule has 1 aromatic rings. The fourth-order valence-corrected chi connectivity index (χ4v) is 15.0. The lowest BCUT2D eigenvalue weighted by molar-refractivity contribution is 0.183. The largest absolute Gasteiger partial charge is 0.365 e. The number of thioether (sulfide) groups is 1. The summed E-state index contributed by atoms with van der Waals surface area (Å²) in [7, 11) is 0. The number of anilines is 1. The third-order valence-corrected chi connectivity index (χ3v) is 17.5. The summed E-state index contributed by atoms with van der Waals surface area (Å²) >= 11 is 2.30. The van der Waals surface area contributed by atoms with Gasteiger partial charge in [0.05, 0.1) is 17.8 Å². The molecule has 3 nitrogen and oxygen atoms in total. The Morgan fingerprint density at radius 2 is 1.70 bits per heavy atom. The fraction of sp³-hybridized carbons (Fsp3) is 0.453. The van der Waals surface area contributed by atoms with Crippen LogP contribution in [-0.2, 0) is 0 Å². The molecule has 0 aromatic heterocycles. The van der Waals surface area contributed by atoms with Crippen LogP contribution in [-0.4, -0.2) is 39.2 Å². The molecule has 0 N–H and O–H groups in total. The summed E-state index contributed by atoms with van der Waals surface area (Å²) in [5, 5.41) is 1.59. The first-order valence-electron chi connectivity index (χ1n) is 22.8. The maximum atomic E-state index is 5.54. The van der Waals surface area contributed by atoms with E-state index in [1.54, 1.807) is 11.3 Å². The highest BCUT2D eigenvalue weighted by atomic mass is 32.2. The molecule has 0 spiro atoms. The van der Waals surface area contributed by atoms with Crippen LogP contribution in [0.3, 0.4) is 0 Å². The number of likely N-dealkylation sites (tertiary alicyclic amines) is 1. The van der Waals surface area contributed by atoms with Gasteiger partial charge in [-0.1, -0.05) is 122 Å². The number of aliphatic imine (C=N–C) groups is 1. The van der Waals surface area contributed by atoms with Crippen LogP contribution in [0.2, 0.25) is 0 Å². The lowest BCUT2D eigenvalue weighted by Gasteiger charge is -2.41. The summed E-state index contributed by atoms with van der Waals surface area (Å²) in [5.41, 5.74) is 11.4. The van der Waals surface area contributed by atoms with Crippen molar-refractivity contribution in [1.82, 2.24) is 4.90 Å². The fourth-order valence-electron chi connectivity index (χ4n) is 13.2. The minimum Gasteiger partial charge on any atom is -0.365 e. The average Bonchev–Trinajstić information content (AvgIpc) is 3.94. The highest BCUT2D eigenvalue weighted by Gasteiger charge is 2.52. The molecule has 7 aliphatic carbocycles. The second-order valence-corrected chi connectivity index (χ2v) is 20.2. The van der Waals surface area contributed by atoms with Crippen LogP contribution in [0.5, 0.6) is 0 Å². The monoisotopic (exact) mass is 767 g/mol. The van der Waals surface area contributed by atoms with Gasteiger partial charge in [0.1, 0.15) is 5.82 Å². The standard InChI is InChI=1S/C53H57N3S/c1-3-13-34(14-4-1)38-31-46(35-15-5-2-6-16-35)54-53(32-38)56-48-21-11-8-18-41(48)44-30-37(24-27-50(44)56)36-23-26-49-43(29-36)40-17-7-10-20-47(40)55(49)39-25-28-52-45(33-39)42-19-9-12-22-51(42)57-52/h1,3,5,8,11-13,15-16,18,21-27,29-30,32,38,40-43,45,47-49,51-52H,2,4,6-7,9-10,14,17,19-20,28,31,33H2.